The SMILES string of the molecule is Cc1c(Cl)cccc1C(=O)N1CCC(c2nccn2CCN(C)C)CC1. The van der Waals surface area contributed by atoms with Gasteiger partial charge in [-0.15, -0.1) is 0 Å². The Morgan fingerprint density at radius 3 is 2.73 bits per heavy atom. The highest BCUT2D eigenvalue weighted by atomic mass is 35.5. The maximum atomic E-state index is 12.9. The van der Waals surface area contributed by atoms with Gasteiger partial charge in [0.25, 0.3) is 5.91 Å². The van der Waals surface area contributed by atoms with Crippen LogP contribution in [-0.2, 0) is 6.54 Å². The Morgan fingerprint density at radius 1 is 1.31 bits per heavy atom. The summed E-state index contributed by atoms with van der Waals surface area (Å²) in [5.74, 6) is 1.65. The van der Waals surface area contributed by atoms with E-state index >= 15 is 0 Å². The first-order chi connectivity index (χ1) is 12.5. The van der Waals surface area contributed by atoms with Crippen LogP contribution in [0.1, 0.15) is 40.5 Å². The zero-order valence-electron chi connectivity index (χ0n) is 15.8. The predicted molar refractivity (Wildman–Crippen MR) is 105 cm³/mol. The molecule has 1 aliphatic rings. The van der Waals surface area contributed by atoms with Crippen LogP contribution in [0.4, 0.5) is 0 Å². The number of benzene rings is 1. The number of imidazole rings is 1. The second kappa shape index (κ2) is 8.23. The van der Waals surface area contributed by atoms with Gasteiger partial charge >= 0.3 is 0 Å². The van der Waals surface area contributed by atoms with E-state index in [0.29, 0.717) is 16.5 Å². The van der Waals surface area contributed by atoms with E-state index in [4.69, 9.17) is 11.6 Å². The number of likely N-dealkylation sites (tertiary alicyclic amines) is 1. The smallest absolute Gasteiger partial charge is 0.254 e. The molecule has 0 saturated carbocycles. The molecule has 3 rings (SSSR count). The molecule has 0 atom stereocenters. The van der Waals surface area contributed by atoms with E-state index in [1.54, 1.807) is 0 Å². The lowest BCUT2D eigenvalue weighted by Crippen LogP contribution is -2.38. The Balaban J connectivity index is 1.64. The topological polar surface area (TPSA) is 41.4 Å². The van der Waals surface area contributed by atoms with Crippen LogP contribution in [-0.4, -0.2) is 59.0 Å². The Morgan fingerprint density at radius 2 is 2.04 bits per heavy atom. The molecule has 1 aliphatic heterocycles. The summed E-state index contributed by atoms with van der Waals surface area (Å²) < 4.78 is 2.25. The number of amides is 1. The number of aromatic nitrogens is 2. The number of carbonyl (C=O) groups excluding carboxylic acids is 1. The summed E-state index contributed by atoms with van der Waals surface area (Å²) in [6.07, 6.45) is 5.85. The van der Waals surface area contributed by atoms with Crippen LogP contribution in [0.5, 0.6) is 0 Å². The molecule has 0 N–H and O–H groups in total. The van der Waals surface area contributed by atoms with Crippen molar-refractivity contribution in [2.75, 3.05) is 33.7 Å². The molecule has 26 heavy (non-hydrogen) atoms. The maximum Gasteiger partial charge on any atom is 0.254 e. The molecule has 5 nitrogen and oxygen atoms in total. The van der Waals surface area contributed by atoms with Crippen LogP contribution >= 0.6 is 11.6 Å². The quantitative estimate of drug-likeness (QED) is 0.805. The minimum Gasteiger partial charge on any atom is -0.339 e. The number of hydrogen-bond donors (Lipinski definition) is 0. The van der Waals surface area contributed by atoms with Crippen molar-refractivity contribution in [2.24, 2.45) is 0 Å². The zero-order chi connectivity index (χ0) is 18.7. The molecule has 0 aliphatic carbocycles. The molecule has 1 saturated heterocycles. The average molecular weight is 375 g/mol. The third-order valence-electron chi connectivity index (χ3n) is 5.18. The van der Waals surface area contributed by atoms with Crippen LogP contribution in [0.15, 0.2) is 30.6 Å². The molecule has 1 fully saturated rings. The van der Waals surface area contributed by atoms with Crippen LogP contribution in [0.3, 0.4) is 0 Å². The van der Waals surface area contributed by atoms with E-state index in [0.717, 1.165) is 50.4 Å². The van der Waals surface area contributed by atoms with Gasteiger partial charge in [0.2, 0.25) is 0 Å². The third-order valence-corrected chi connectivity index (χ3v) is 5.59. The number of hydrogen-bond acceptors (Lipinski definition) is 3. The standard InChI is InChI=1S/C20H27ClN4O/c1-15-17(5-4-6-18(15)21)20(26)25-10-7-16(8-11-25)19-22-9-12-24(19)14-13-23(2)3/h4-6,9,12,16H,7-8,10-11,13-14H2,1-3H3. The molecule has 0 radical (unpaired) electrons. The fraction of sp³-hybridized carbons (Fsp3) is 0.500. The van der Waals surface area contributed by atoms with Crippen LogP contribution in [0.25, 0.3) is 0 Å². The molecule has 0 bridgehead atoms. The minimum atomic E-state index is 0.0828. The van der Waals surface area contributed by atoms with Gasteiger partial charge in [-0.3, -0.25) is 4.79 Å². The largest absolute Gasteiger partial charge is 0.339 e. The second-order valence-corrected chi connectivity index (χ2v) is 7.67. The Labute approximate surface area is 160 Å². The highest BCUT2D eigenvalue weighted by Gasteiger charge is 2.27. The van der Waals surface area contributed by atoms with Crippen LogP contribution in [0, 0.1) is 6.92 Å². The van der Waals surface area contributed by atoms with Crippen molar-refractivity contribution in [3.05, 3.63) is 52.6 Å². The van der Waals surface area contributed by atoms with Gasteiger partial charge in [-0.1, -0.05) is 17.7 Å². The molecule has 0 unspecified atom stereocenters. The second-order valence-electron chi connectivity index (χ2n) is 7.26. The van der Waals surface area contributed by atoms with E-state index in [1.807, 2.05) is 36.2 Å². The van der Waals surface area contributed by atoms with Gasteiger partial charge in [-0.05, 0) is 51.6 Å². The number of piperidine rings is 1. The van der Waals surface area contributed by atoms with Gasteiger partial charge in [0.15, 0.2) is 0 Å². The summed E-state index contributed by atoms with van der Waals surface area (Å²) in [6.45, 7) is 5.37. The Kier molecular flexibility index (Phi) is 5.99. The lowest BCUT2D eigenvalue weighted by molar-refractivity contribution is 0.0709. The summed E-state index contributed by atoms with van der Waals surface area (Å²) in [6, 6.07) is 5.54. The summed E-state index contributed by atoms with van der Waals surface area (Å²) >= 11 is 6.17. The zero-order valence-corrected chi connectivity index (χ0v) is 16.5. The van der Waals surface area contributed by atoms with Crippen molar-refractivity contribution < 1.29 is 4.79 Å². The summed E-state index contributed by atoms with van der Waals surface area (Å²) in [5.41, 5.74) is 1.57. The molecular weight excluding hydrogens is 348 g/mol. The molecule has 1 amide bonds. The van der Waals surface area contributed by atoms with E-state index in [-0.39, 0.29) is 5.91 Å². The number of carbonyl (C=O) groups is 1. The average Bonchev–Trinajstić information content (AvgIpc) is 3.10. The molecule has 1 aromatic heterocycles. The minimum absolute atomic E-state index is 0.0828. The molecule has 6 heteroatoms. The van der Waals surface area contributed by atoms with Crippen molar-refractivity contribution in [1.29, 1.82) is 0 Å². The highest BCUT2D eigenvalue weighted by Crippen LogP contribution is 2.28. The first-order valence-corrected chi connectivity index (χ1v) is 9.55. The van der Waals surface area contributed by atoms with Crippen LogP contribution in [0.2, 0.25) is 5.02 Å². The maximum absolute atomic E-state index is 12.9. The number of likely N-dealkylation sites (N-methyl/N-ethyl adjacent to an activating group) is 1. The van der Waals surface area contributed by atoms with Crippen molar-refractivity contribution in [3.8, 4) is 0 Å². The summed E-state index contributed by atoms with van der Waals surface area (Å²) in [7, 11) is 4.16. The van der Waals surface area contributed by atoms with Gasteiger partial charge in [-0.25, -0.2) is 4.98 Å². The van der Waals surface area contributed by atoms with Crippen molar-refractivity contribution >= 4 is 17.5 Å². The highest BCUT2D eigenvalue weighted by molar-refractivity contribution is 6.31. The first kappa shape index (κ1) is 18.9. The van der Waals surface area contributed by atoms with E-state index < -0.39 is 0 Å². The summed E-state index contributed by atoms with van der Waals surface area (Å²) in [4.78, 5) is 21.6. The van der Waals surface area contributed by atoms with Gasteiger partial charge in [-0.2, -0.15) is 0 Å². The molecule has 1 aromatic carbocycles. The van der Waals surface area contributed by atoms with Gasteiger partial charge in [0.1, 0.15) is 5.82 Å². The number of halogens is 1. The lowest BCUT2D eigenvalue weighted by atomic mass is 9.95. The molecule has 140 valence electrons. The molecule has 2 heterocycles. The normalized spacial score (nSPS) is 15.7. The van der Waals surface area contributed by atoms with E-state index in [1.165, 1.54) is 0 Å². The van der Waals surface area contributed by atoms with E-state index in [2.05, 4.69) is 34.7 Å². The van der Waals surface area contributed by atoms with Gasteiger partial charge in [0.05, 0.1) is 0 Å². The third kappa shape index (κ3) is 4.10. The predicted octanol–water partition coefficient (Wildman–Crippen LogP) is 3.43. The molecule has 2 aromatic rings. The molecular formula is C20H27ClN4O. The van der Waals surface area contributed by atoms with Crippen molar-refractivity contribution in [3.63, 3.8) is 0 Å². The lowest BCUT2D eigenvalue weighted by Gasteiger charge is -2.32. The number of rotatable bonds is 5. The monoisotopic (exact) mass is 374 g/mol. The Bertz CT molecular complexity index is 763. The van der Waals surface area contributed by atoms with E-state index in [9.17, 15) is 4.79 Å². The fourth-order valence-electron chi connectivity index (χ4n) is 3.53. The summed E-state index contributed by atoms with van der Waals surface area (Å²) in [5, 5.41) is 0.647. The van der Waals surface area contributed by atoms with Crippen LogP contribution < -0.4 is 0 Å². The first-order valence-electron chi connectivity index (χ1n) is 9.17. The molecule has 0 spiro atoms. The number of nitrogens with zero attached hydrogens (tertiary/aromatic N) is 4. The Hall–Kier alpha value is -1.85. The van der Waals surface area contributed by atoms with Crippen molar-refractivity contribution in [2.45, 2.75) is 32.2 Å². The van der Waals surface area contributed by atoms with Gasteiger partial charge < -0.3 is 14.4 Å². The van der Waals surface area contributed by atoms with Gasteiger partial charge in [0, 0.05) is 55.1 Å². The van der Waals surface area contributed by atoms with Crippen molar-refractivity contribution in [1.82, 2.24) is 19.4 Å². The fourth-order valence-corrected chi connectivity index (χ4v) is 3.70.